The standard InChI is InChI=1S/C12H23NO4S2/c1-11(2,12(3,4)15)13-10(14)7-18-9-5-6-19(16,17)8-9/h9,15H,5-8H2,1-4H3,(H,13,14). The maximum atomic E-state index is 11.8. The number of rotatable bonds is 5. The van der Waals surface area contributed by atoms with E-state index >= 15 is 0 Å². The lowest BCUT2D eigenvalue weighted by Gasteiger charge is -2.38. The molecule has 7 heteroatoms. The molecule has 0 spiro atoms. The number of aliphatic hydroxyl groups is 1. The summed E-state index contributed by atoms with van der Waals surface area (Å²) in [5.41, 5.74) is -1.75. The molecule has 1 unspecified atom stereocenters. The SMILES string of the molecule is CC(C)(O)C(C)(C)NC(=O)CSC1CCS(=O)(=O)C1. The van der Waals surface area contributed by atoms with E-state index in [0.717, 1.165) is 0 Å². The largest absolute Gasteiger partial charge is 0.388 e. The molecule has 1 aliphatic rings. The average molecular weight is 309 g/mol. The van der Waals surface area contributed by atoms with Gasteiger partial charge in [-0.3, -0.25) is 4.79 Å². The zero-order valence-electron chi connectivity index (χ0n) is 11.9. The highest BCUT2D eigenvalue weighted by atomic mass is 32.2. The van der Waals surface area contributed by atoms with Gasteiger partial charge < -0.3 is 10.4 Å². The second-order valence-corrected chi connectivity index (χ2v) is 9.59. The molecule has 0 radical (unpaired) electrons. The summed E-state index contributed by atoms with van der Waals surface area (Å²) in [6, 6.07) is 0. The van der Waals surface area contributed by atoms with Gasteiger partial charge in [0.1, 0.15) is 0 Å². The molecule has 0 aromatic rings. The summed E-state index contributed by atoms with van der Waals surface area (Å²) in [5, 5.41) is 12.7. The molecule has 1 aliphatic heterocycles. The van der Waals surface area contributed by atoms with Crippen molar-refractivity contribution in [1.82, 2.24) is 5.32 Å². The smallest absolute Gasteiger partial charge is 0.230 e. The lowest BCUT2D eigenvalue weighted by molar-refractivity contribution is -0.123. The lowest BCUT2D eigenvalue weighted by atomic mass is 9.86. The second-order valence-electron chi connectivity index (χ2n) is 6.07. The first-order valence-corrected chi connectivity index (χ1v) is 9.15. The highest BCUT2D eigenvalue weighted by Gasteiger charge is 2.36. The monoisotopic (exact) mass is 309 g/mol. The molecule has 0 aliphatic carbocycles. The van der Waals surface area contributed by atoms with Gasteiger partial charge in [0.25, 0.3) is 0 Å². The fraction of sp³-hybridized carbons (Fsp3) is 0.917. The number of thioether (sulfide) groups is 1. The minimum atomic E-state index is -2.89. The highest BCUT2D eigenvalue weighted by molar-refractivity contribution is 8.02. The molecule has 1 atom stereocenters. The normalized spacial score (nSPS) is 23.3. The fourth-order valence-corrected chi connectivity index (χ4v) is 5.07. The zero-order valence-corrected chi connectivity index (χ0v) is 13.5. The van der Waals surface area contributed by atoms with E-state index < -0.39 is 21.0 Å². The first-order valence-electron chi connectivity index (χ1n) is 6.28. The summed E-state index contributed by atoms with van der Waals surface area (Å²) in [4.78, 5) is 11.8. The van der Waals surface area contributed by atoms with Gasteiger partial charge in [-0.25, -0.2) is 8.42 Å². The number of amides is 1. The Kier molecular flexibility index (Phi) is 4.96. The van der Waals surface area contributed by atoms with Crippen LogP contribution in [-0.2, 0) is 14.6 Å². The minimum absolute atomic E-state index is 0.0148. The molecule has 5 nitrogen and oxygen atoms in total. The number of carbonyl (C=O) groups excluding carboxylic acids is 1. The number of carbonyl (C=O) groups is 1. The zero-order chi connectivity index (χ0) is 14.9. The average Bonchev–Trinajstić information content (AvgIpc) is 2.53. The van der Waals surface area contributed by atoms with Gasteiger partial charge in [0.2, 0.25) is 5.91 Å². The summed E-state index contributed by atoms with van der Waals surface area (Å²) in [5.74, 6) is 0.433. The topological polar surface area (TPSA) is 83.5 Å². The molecular weight excluding hydrogens is 286 g/mol. The maximum Gasteiger partial charge on any atom is 0.230 e. The van der Waals surface area contributed by atoms with Gasteiger partial charge in [0.05, 0.1) is 28.4 Å². The molecule has 1 saturated heterocycles. The molecule has 0 aromatic heterocycles. The van der Waals surface area contributed by atoms with Crippen molar-refractivity contribution in [3.8, 4) is 0 Å². The summed E-state index contributed by atoms with van der Waals surface area (Å²) in [7, 11) is -2.89. The van der Waals surface area contributed by atoms with E-state index in [1.807, 2.05) is 0 Å². The van der Waals surface area contributed by atoms with Gasteiger partial charge in [-0.15, -0.1) is 11.8 Å². The summed E-state index contributed by atoms with van der Waals surface area (Å²) in [6.45, 7) is 6.80. The van der Waals surface area contributed by atoms with Crippen molar-refractivity contribution >= 4 is 27.5 Å². The molecule has 2 N–H and O–H groups in total. The lowest BCUT2D eigenvalue weighted by Crippen LogP contribution is -2.58. The molecule has 0 aromatic carbocycles. The summed E-state index contributed by atoms with van der Waals surface area (Å²) < 4.78 is 22.6. The predicted octanol–water partition coefficient (Wildman–Crippen LogP) is 0.572. The van der Waals surface area contributed by atoms with Gasteiger partial charge in [0.15, 0.2) is 9.84 Å². The number of hydrogen-bond donors (Lipinski definition) is 2. The van der Waals surface area contributed by atoms with Crippen LogP contribution in [0.15, 0.2) is 0 Å². The van der Waals surface area contributed by atoms with Crippen LogP contribution in [0.1, 0.15) is 34.1 Å². The minimum Gasteiger partial charge on any atom is -0.388 e. The fourth-order valence-electron chi connectivity index (χ4n) is 1.62. The third kappa shape index (κ3) is 4.96. The van der Waals surface area contributed by atoms with Crippen molar-refractivity contribution in [3.05, 3.63) is 0 Å². The molecule has 0 saturated carbocycles. The van der Waals surface area contributed by atoms with Crippen molar-refractivity contribution in [2.75, 3.05) is 17.3 Å². The molecule has 1 amide bonds. The first kappa shape index (κ1) is 16.8. The van der Waals surface area contributed by atoms with Crippen LogP contribution >= 0.6 is 11.8 Å². The Morgan fingerprint density at radius 1 is 1.37 bits per heavy atom. The Hall–Kier alpha value is -0.270. The molecule has 1 fully saturated rings. The van der Waals surface area contributed by atoms with Crippen LogP contribution in [0.4, 0.5) is 0 Å². The van der Waals surface area contributed by atoms with Gasteiger partial charge in [-0.1, -0.05) is 0 Å². The van der Waals surface area contributed by atoms with E-state index in [2.05, 4.69) is 5.32 Å². The van der Waals surface area contributed by atoms with Crippen molar-refractivity contribution in [2.24, 2.45) is 0 Å². The quantitative estimate of drug-likeness (QED) is 0.776. The number of sulfone groups is 1. The van der Waals surface area contributed by atoms with Crippen molar-refractivity contribution < 1.29 is 18.3 Å². The predicted molar refractivity (Wildman–Crippen MR) is 78.0 cm³/mol. The van der Waals surface area contributed by atoms with E-state index in [9.17, 15) is 18.3 Å². The Labute approximate surface area is 119 Å². The molecule has 0 bridgehead atoms. The molecule has 19 heavy (non-hydrogen) atoms. The first-order chi connectivity index (χ1) is 8.43. The van der Waals surface area contributed by atoms with Crippen LogP contribution in [0.25, 0.3) is 0 Å². The van der Waals surface area contributed by atoms with Crippen molar-refractivity contribution in [3.63, 3.8) is 0 Å². The van der Waals surface area contributed by atoms with Crippen LogP contribution in [0.2, 0.25) is 0 Å². The van der Waals surface area contributed by atoms with Crippen molar-refractivity contribution in [2.45, 2.75) is 50.5 Å². The van der Waals surface area contributed by atoms with Crippen molar-refractivity contribution in [1.29, 1.82) is 0 Å². The van der Waals surface area contributed by atoms with E-state index in [1.54, 1.807) is 27.7 Å². The number of nitrogens with one attached hydrogen (secondary N) is 1. The highest BCUT2D eigenvalue weighted by Crippen LogP contribution is 2.25. The third-order valence-electron chi connectivity index (χ3n) is 3.62. The Bertz CT molecular complexity index is 437. The van der Waals surface area contributed by atoms with Crippen LogP contribution in [0.3, 0.4) is 0 Å². The maximum absolute atomic E-state index is 11.8. The Morgan fingerprint density at radius 3 is 2.37 bits per heavy atom. The number of hydrogen-bond acceptors (Lipinski definition) is 5. The van der Waals surface area contributed by atoms with Gasteiger partial charge in [-0.2, -0.15) is 0 Å². The molecule has 112 valence electrons. The second kappa shape index (κ2) is 5.61. The van der Waals surface area contributed by atoms with E-state index in [1.165, 1.54) is 11.8 Å². The Morgan fingerprint density at radius 2 is 1.95 bits per heavy atom. The van der Waals surface area contributed by atoms with Crippen LogP contribution in [0.5, 0.6) is 0 Å². The molecule has 1 rings (SSSR count). The Balaban J connectivity index is 2.41. The van der Waals surface area contributed by atoms with Crippen LogP contribution in [0, 0.1) is 0 Å². The van der Waals surface area contributed by atoms with Crippen LogP contribution in [-0.4, -0.2) is 53.1 Å². The van der Waals surface area contributed by atoms with E-state index in [0.29, 0.717) is 6.42 Å². The molecular formula is C12H23NO4S2. The van der Waals surface area contributed by atoms with Gasteiger partial charge in [0, 0.05) is 5.25 Å². The summed E-state index contributed by atoms with van der Waals surface area (Å²) >= 11 is 1.37. The van der Waals surface area contributed by atoms with E-state index in [-0.39, 0.29) is 28.4 Å². The van der Waals surface area contributed by atoms with E-state index in [4.69, 9.17) is 0 Å². The third-order valence-corrected chi connectivity index (χ3v) is 6.90. The van der Waals surface area contributed by atoms with Gasteiger partial charge in [-0.05, 0) is 34.1 Å². The summed E-state index contributed by atoms with van der Waals surface area (Å²) in [6.07, 6.45) is 0.620. The van der Waals surface area contributed by atoms with Gasteiger partial charge >= 0.3 is 0 Å². The molecule has 1 heterocycles. The van der Waals surface area contributed by atoms with Crippen LogP contribution < -0.4 is 5.32 Å².